The summed E-state index contributed by atoms with van der Waals surface area (Å²) in [4.78, 5) is 8.10. The van der Waals surface area contributed by atoms with Gasteiger partial charge in [0.2, 0.25) is 5.28 Å². The van der Waals surface area contributed by atoms with E-state index in [0.29, 0.717) is 5.92 Å². The molecule has 1 aromatic rings. The molecule has 1 heterocycles. The van der Waals surface area contributed by atoms with Gasteiger partial charge in [-0.3, -0.25) is 0 Å². The first-order valence-electron chi connectivity index (χ1n) is 5.53. The van der Waals surface area contributed by atoms with Gasteiger partial charge in [0.05, 0.1) is 0 Å². The van der Waals surface area contributed by atoms with Crippen molar-refractivity contribution in [3.63, 3.8) is 0 Å². The number of halogens is 1. The molecule has 1 atom stereocenters. The molecule has 1 rings (SSSR count). The van der Waals surface area contributed by atoms with Crippen molar-refractivity contribution < 1.29 is 0 Å². The Hall–Kier alpha value is -0.830. The topological polar surface area (TPSA) is 37.8 Å². The Kier molecular flexibility index (Phi) is 4.14. The number of anilines is 1. The Morgan fingerprint density at radius 1 is 1.44 bits per heavy atom. The van der Waals surface area contributed by atoms with Crippen molar-refractivity contribution in [1.29, 1.82) is 0 Å². The van der Waals surface area contributed by atoms with E-state index in [-0.39, 0.29) is 10.7 Å². The molecule has 0 spiro atoms. The molecule has 0 aliphatic heterocycles. The molecule has 90 valence electrons. The number of hydrogen-bond acceptors (Lipinski definition) is 3. The molecule has 0 saturated heterocycles. The van der Waals surface area contributed by atoms with Crippen LogP contribution in [0, 0.1) is 18.3 Å². The van der Waals surface area contributed by atoms with Crippen LogP contribution in [-0.4, -0.2) is 16.5 Å². The van der Waals surface area contributed by atoms with Crippen LogP contribution in [0.2, 0.25) is 5.28 Å². The third-order valence-electron chi connectivity index (χ3n) is 3.00. The zero-order chi connectivity index (χ0) is 12.3. The fraction of sp³-hybridized carbons (Fsp3) is 0.667. The van der Waals surface area contributed by atoms with Gasteiger partial charge in [-0.25, -0.2) is 9.97 Å². The van der Waals surface area contributed by atoms with E-state index in [0.717, 1.165) is 17.9 Å². The summed E-state index contributed by atoms with van der Waals surface area (Å²) in [5.41, 5.74) is 1.31. The minimum Gasteiger partial charge on any atom is -0.369 e. The van der Waals surface area contributed by atoms with Crippen molar-refractivity contribution in [2.45, 2.75) is 34.6 Å². The van der Waals surface area contributed by atoms with E-state index < -0.39 is 0 Å². The summed E-state index contributed by atoms with van der Waals surface area (Å²) in [5.74, 6) is 1.39. The summed E-state index contributed by atoms with van der Waals surface area (Å²) in [6, 6.07) is 0. The molecule has 0 amide bonds. The van der Waals surface area contributed by atoms with E-state index in [9.17, 15) is 0 Å². The Balaban J connectivity index is 2.64. The van der Waals surface area contributed by atoms with E-state index in [1.165, 1.54) is 0 Å². The minimum atomic E-state index is 0.288. The molecule has 16 heavy (non-hydrogen) atoms. The maximum absolute atomic E-state index is 5.76. The van der Waals surface area contributed by atoms with Crippen molar-refractivity contribution in [2.24, 2.45) is 11.3 Å². The molecule has 1 aromatic heterocycles. The Morgan fingerprint density at radius 2 is 2.06 bits per heavy atom. The lowest BCUT2D eigenvalue weighted by Crippen LogP contribution is -2.25. The molecule has 0 bridgehead atoms. The van der Waals surface area contributed by atoms with Crippen molar-refractivity contribution >= 4 is 17.4 Å². The molecule has 0 aliphatic rings. The maximum atomic E-state index is 5.76. The van der Waals surface area contributed by atoms with Gasteiger partial charge in [-0.1, -0.05) is 27.7 Å². The molecule has 0 saturated carbocycles. The van der Waals surface area contributed by atoms with Crippen LogP contribution in [0.3, 0.4) is 0 Å². The third kappa shape index (κ3) is 3.63. The van der Waals surface area contributed by atoms with Crippen LogP contribution < -0.4 is 5.32 Å². The van der Waals surface area contributed by atoms with Crippen LogP contribution in [-0.2, 0) is 0 Å². The second-order valence-electron chi connectivity index (χ2n) is 5.32. The molecule has 1 unspecified atom stereocenters. The number of hydrogen-bond donors (Lipinski definition) is 1. The van der Waals surface area contributed by atoms with Gasteiger partial charge in [0.15, 0.2) is 0 Å². The molecule has 0 aromatic carbocycles. The lowest BCUT2D eigenvalue weighted by molar-refractivity contribution is 0.274. The average molecular weight is 242 g/mol. The summed E-state index contributed by atoms with van der Waals surface area (Å²) in [7, 11) is 0. The van der Waals surface area contributed by atoms with Gasteiger partial charge in [0, 0.05) is 18.3 Å². The lowest BCUT2D eigenvalue weighted by Gasteiger charge is -2.27. The Labute approximate surface area is 103 Å². The summed E-state index contributed by atoms with van der Waals surface area (Å²) in [5, 5.41) is 3.61. The molecule has 0 fully saturated rings. The number of aryl methyl sites for hydroxylation is 1. The number of rotatable bonds is 3. The predicted molar refractivity (Wildman–Crippen MR) is 68.9 cm³/mol. The Morgan fingerprint density at radius 3 is 2.62 bits per heavy atom. The standard InChI is InChI=1S/C12H20ClN3/c1-8-6-15-11(13)16-10(8)14-7-9(2)12(3,4)5/h6,9H,7H2,1-5H3,(H,14,15,16). The van der Waals surface area contributed by atoms with E-state index in [1.54, 1.807) is 6.20 Å². The van der Waals surface area contributed by atoms with Crippen molar-refractivity contribution in [3.8, 4) is 0 Å². The quantitative estimate of drug-likeness (QED) is 0.823. The summed E-state index contributed by atoms with van der Waals surface area (Å²) < 4.78 is 0. The van der Waals surface area contributed by atoms with Crippen molar-refractivity contribution in [1.82, 2.24) is 9.97 Å². The molecular formula is C12H20ClN3. The van der Waals surface area contributed by atoms with Gasteiger partial charge in [-0.15, -0.1) is 0 Å². The van der Waals surface area contributed by atoms with Crippen LogP contribution >= 0.6 is 11.6 Å². The Bertz CT molecular complexity index is 358. The van der Waals surface area contributed by atoms with Crippen molar-refractivity contribution in [2.75, 3.05) is 11.9 Å². The zero-order valence-corrected chi connectivity index (χ0v) is 11.4. The van der Waals surface area contributed by atoms with Crippen LogP contribution in [0.4, 0.5) is 5.82 Å². The molecule has 1 N–H and O–H groups in total. The summed E-state index contributed by atoms with van der Waals surface area (Å²) >= 11 is 5.76. The highest BCUT2D eigenvalue weighted by Crippen LogP contribution is 2.25. The third-order valence-corrected chi connectivity index (χ3v) is 3.18. The molecule has 0 radical (unpaired) electrons. The lowest BCUT2D eigenvalue weighted by atomic mass is 9.82. The van der Waals surface area contributed by atoms with Gasteiger partial charge in [-0.05, 0) is 29.9 Å². The maximum Gasteiger partial charge on any atom is 0.224 e. The van der Waals surface area contributed by atoms with E-state index in [2.05, 4.69) is 43.0 Å². The normalized spacial score (nSPS) is 13.6. The second kappa shape index (κ2) is 5.00. The zero-order valence-electron chi connectivity index (χ0n) is 10.6. The first kappa shape index (κ1) is 13.2. The average Bonchev–Trinajstić information content (AvgIpc) is 2.17. The highest BCUT2D eigenvalue weighted by Gasteiger charge is 2.19. The second-order valence-corrected chi connectivity index (χ2v) is 5.66. The van der Waals surface area contributed by atoms with Crippen LogP contribution in [0.25, 0.3) is 0 Å². The van der Waals surface area contributed by atoms with Gasteiger partial charge in [0.25, 0.3) is 0 Å². The van der Waals surface area contributed by atoms with Gasteiger partial charge >= 0.3 is 0 Å². The van der Waals surface area contributed by atoms with Crippen molar-refractivity contribution in [3.05, 3.63) is 17.0 Å². The molecule has 3 nitrogen and oxygen atoms in total. The smallest absolute Gasteiger partial charge is 0.224 e. The summed E-state index contributed by atoms with van der Waals surface area (Å²) in [6.07, 6.45) is 1.74. The van der Waals surface area contributed by atoms with E-state index in [4.69, 9.17) is 11.6 Å². The first-order valence-corrected chi connectivity index (χ1v) is 5.91. The van der Waals surface area contributed by atoms with Crippen LogP contribution in [0.15, 0.2) is 6.20 Å². The summed E-state index contributed by atoms with van der Waals surface area (Å²) in [6.45, 7) is 11.8. The molecular weight excluding hydrogens is 222 g/mol. The van der Waals surface area contributed by atoms with Crippen LogP contribution in [0.5, 0.6) is 0 Å². The van der Waals surface area contributed by atoms with Crippen LogP contribution in [0.1, 0.15) is 33.3 Å². The molecule has 0 aliphatic carbocycles. The molecule has 4 heteroatoms. The van der Waals surface area contributed by atoms with E-state index >= 15 is 0 Å². The number of nitrogens with one attached hydrogen (secondary N) is 1. The van der Waals surface area contributed by atoms with Gasteiger partial charge in [-0.2, -0.15) is 0 Å². The largest absolute Gasteiger partial charge is 0.369 e. The number of nitrogens with zero attached hydrogens (tertiary/aromatic N) is 2. The fourth-order valence-electron chi connectivity index (χ4n) is 1.16. The van der Waals surface area contributed by atoms with Gasteiger partial charge < -0.3 is 5.32 Å². The predicted octanol–water partition coefficient (Wildman–Crippen LogP) is 3.53. The number of aromatic nitrogens is 2. The van der Waals surface area contributed by atoms with E-state index in [1.807, 2.05) is 6.92 Å². The van der Waals surface area contributed by atoms with Gasteiger partial charge in [0.1, 0.15) is 5.82 Å². The monoisotopic (exact) mass is 241 g/mol. The minimum absolute atomic E-state index is 0.288. The SMILES string of the molecule is Cc1cnc(Cl)nc1NCC(C)C(C)(C)C. The highest BCUT2D eigenvalue weighted by atomic mass is 35.5. The highest BCUT2D eigenvalue weighted by molar-refractivity contribution is 6.28. The first-order chi connectivity index (χ1) is 7.30. The fourth-order valence-corrected chi connectivity index (χ4v) is 1.29.